The molecule has 1 unspecified atom stereocenters. The average molecular weight is 478 g/mol. The van der Waals surface area contributed by atoms with E-state index < -0.39 is 17.6 Å². The zero-order chi connectivity index (χ0) is 25.2. The average Bonchev–Trinajstić information content (AvgIpc) is 2.86. The van der Waals surface area contributed by atoms with Gasteiger partial charge in [-0.05, 0) is 31.4 Å². The minimum Gasteiger partial charge on any atom is -0.480 e. The molecule has 9 heteroatoms. The van der Waals surface area contributed by atoms with Crippen molar-refractivity contribution in [3.8, 4) is 5.75 Å². The molecule has 1 heterocycles. The molecule has 3 rings (SSSR count). The molecule has 3 N–H and O–H groups in total. The van der Waals surface area contributed by atoms with E-state index in [-0.39, 0.29) is 18.3 Å². The van der Waals surface area contributed by atoms with Gasteiger partial charge in [-0.25, -0.2) is 9.66 Å². The summed E-state index contributed by atoms with van der Waals surface area (Å²) in [5, 5.41) is 5.79. The highest BCUT2D eigenvalue weighted by Crippen LogP contribution is 2.20. The molecule has 0 aliphatic heterocycles. The van der Waals surface area contributed by atoms with E-state index in [0.717, 1.165) is 17.5 Å². The summed E-state index contributed by atoms with van der Waals surface area (Å²) >= 11 is 0. The highest BCUT2D eigenvalue weighted by molar-refractivity contribution is 5.88. The molecule has 2 amide bonds. The van der Waals surface area contributed by atoms with Crippen molar-refractivity contribution in [2.24, 2.45) is 0 Å². The van der Waals surface area contributed by atoms with Gasteiger partial charge in [-0.3, -0.25) is 19.8 Å². The molecular weight excluding hydrogens is 446 g/mol. The second kappa shape index (κ2) is 12.4. The predicted octanol–water partition coefficient (Wildman–Crippen LogP) is 2.77. The number of carbonyl (C=O) groups excluding carboxylic acids is 2. The van der Waals surface area contributed by atoms with Crippen LogP contribution in [-0.4, -0.2) is 34.1 Å². The fraction of sp³-hybridized carbons (Fsp3) is 0.308. The number of nitrogens with zero attached hydrogens (tertiary/aromatic N) is 2. The number of anilines is 1. The fourth-order valence-electron chi connectivity index (χ4n) is 3.41. The largest absolute Gasteiger partial charge is 0.480 e. The highest BCUT2D eigenvalue weighted by atomic mass is 16.5. The van der Waals surface area contributed by atoms with Gasteiger partial charge in [-0.15, -0.1) is 0 Å². The van der Waals surface area contributed by atoms with Crippen molar-refractivity contribution in [3.05, 3.63) is 88.0 Å². The van der Waals surface area contributed by atoms with E-state index in [1.54, 1.807) is 19.1 Å². The van der Waals surface area contributed by atoms with Crippen LogP contribution in [0.25, 0.3) is 0 Å². The first-order chi connectivity index (χ1) is 16.9. The Bertz CT molecular complexity index is 1210. The van der Waals surface area contributed by atoms with E-state index in [1.807, 2.05) is 49.4 Å². The van der Waals surface area contributed by atoms with Crippen LogP contribution in [0.5, 0.6) is 5.75 Å². The van der Waals surface area contributed by atoms with E-state index in [2.05, 4.69) is 21.0 Å². The minimum absolute atomic E-state index is 0.154. The number of benzene rings is 2. The number of rotatable bonds is 11. The van der Waals surface area contributed by atoms with Crippen LogP contribution in [0.1, 0.15) is 37.1 Å². The third-order valence-corrected chi connectivity index (χ3v) is 5.34. The standard InChI is InChI=1S/C26H31N5O4/c1-4-22(35-23-13-9-8-12-21(23)17-28-19(3)32)25(33)30-31-18(2)16-29-24(26(31)34)27-15-14-20-10-6-5-7-11-20/h5-13,16,22H,4,14-15,17H2,1-3H3,(H,27,29)(H,28,32)(H,30,33). The summed E-state index contributed by atoms with van der Waals surface area (Å²) in [5.41, 5.74) is 4.58. The third-order valence-electron chi connectivity index (χ3n) is 5.34. The molecule has 0 spiro atoms. The van der Waals surface area contributed by atoms with Crippen molar-refractivity contribution in [1.29, 1.82) is 0 Å². The zero-order valence-electron chi connectivity index (χ0n) is 20.2. The number of carbonyl (C=O) groups is 2. The van der Waals surface area contributed by atoms with Crippen LogP contribution in [0, 0.1) is 6.92 Å². The molecule has 0 bridgehead atoms. The molecule has 0 radical (unpaired) electrons. The van der Waals surface area contributed by atoms with Crippen LogP contribution >= 0.6 is 0 Å². The second-order valence-electron chi connectivity index (χ2n) is 8.06. The van der Waals surface area contributed by atoms with Crippen molar-refractivity contribution in [1.82, 2.24) is 15.0 Å². The van der Waals surface area contributed by atoms with E-state index in [0.29, 0.717) is 24.4 Å². The zero-order valence-corrected chi connectivity index (χ0v) is 20.2. The molecule has 3 aromatic rings. The summed E-state index contributed by atoms with van der Waals surface area (Å²) in [6.45, 7) is 5.75. The molecule has 0 fully saturated rings. The topological polar surface area (TPSA) is 114 Å². The molecule has 35 heavy (non-hydrogen) atoms. The van der Waals surface area contributed by atoms with Gasteiger partial charge in [0.2, 0.25) is 5.91 Å². The quantitative estimate of drug-likeness (QED) is 0.391. The first-order valence-corrected chi connectivity index (χ1v) is 11.5. The van der Waals surface area contributed by atoms with E-state index >= 15 is 0 Å². The maximum Gasteiger partial charge on any atom is 0.312 e. The Balaban J connectivity index is 1.69. The monoisotopic (exact) mass is 477 g/mol. The highest BCUT2D eigenvalue weighted by Gasteiger charge is 2.21. The van der Waals surface area contributed by atoms with Gasteiger partial charge in [0.25, 0.3) is 5.91 Å². The number of nitrogens with one attached hydrogen (secondary N) is 3. The van der Waals surface area contributed by atoms with Crippen LogP contribution in [-0.2, 0) is 22.6 Å². The Labute approximate surface area is 204 Å². The molecule has 184 valence electrons. The number of para-hydroxylation sites is 1. The SMILES string of the molecule is CCC(Oc1ccccc1CNC(C)=O)C(=O)Nn1c(C)cnc(NCCc2ccccc2)c1=O. The van der Waals surface area contributed by atoms with E-state index in [4.69, 9.17) is 4.74 Å². The van der Waals surface area contributed by atoms with Crippen molar-refractivity contribution >= 4 is 17.6 Å². The van der Waals surface area contributed by atoms with Gasteiger partial charge in [0, 0.05) is 25.6 Å². The summed E-state index contributed by atoms with van der Waals surface area (Å²) in [5.74, 6) is 0.0190. The Morgan fingerprint density at radius 2 is 1.80 bits per heavy atom. The maximum absolute atomic E-state index is 13.0. The Kier molecular flexibility index (Phi) is 9.00. The van der Waals surface area contributed by atoms with Crippen molar-refractivity contribution in [2.75, 3.05) is 17.3 Å². The number of hydrogen-bond donors (Lipinski definition) is 3. The molecule has 0 saturated heterocycles. The summed E-state index contributed by atoms with van der Waals surface area (Å²) in [7, 11) is 0. The van der Waals surface area contributed by atoms with Crippen LogP contribution in [0.4, 0.5) is 5.82 Å². The lowest BCUT2D eigenvalue weighted by Gasteiger charge is -2.21. The lowest BCUT2D eigenvalue weighted by Crippen LogP contribution is -2.42. The minimum atomic E-state index is -0.845. The number of amides is 2. The van der Waals surface area contributed by atoms with E-state index in [9.17, 15) is 14.4 Å². The summed E-state index contributed by atoms with van der Waals surface area (Å²) in [6, 6.07) is 17.1. The van der Waals surface area contributed by atoms with Crippen LogP contribution in [0.3, 0.4) is 0 Å². The summed E-state index contributed by atoms with van der Waals surface area (Å²) in [6.07, 6.45) is 1.78. The molecule has 9 nitrogen and oxygen atoms in total. The smallest absolute Gasteiger partial charge is 0.312 e. The predicted molar refractivity (Wildman–Crippen MR) is 135 cm³/mol. The number of hydrogen-bond acceptors (Lipinski definition) is 6. The lowest BCUT2D eigenvalue weighted by atomic mass is 10.1. The Morgan fingerprint density at radius 3 is 2.51 bits per heavy atom. The molecule has 0 aliphatic carbocycles. The van der Waals surface area contributed by atoms with Gasteiger partial charge >= 0.3 is 5.56 Å². The van der Waals surface area contributed by atoms with E-state index in [1.165, 1.54) is 17.8 Å². The Hall–Kier alpha value is -4.14. The normalized spacial score (nSPS) is 11.4. The number of ether oxygens (including phenoxy) is 1. The first-order valence-electron chi connectivity index (χ1n) is 11.5. The molecule has 0 saturated carbocycles. The van der Waals surface area contributed by atoms with Crippen molar-refractivity contribution in [3.63, 3.8) is 0 Å². The summed E-state index contributed by atoms with van der Waals surface area (Å²) in [4.78, 5) is 41.5. The van der Waals surface area contributed by atoms with Crippen LogP contribution in [0.2, 0.25) is 0 Å². The first kappa shape index (κ1) is 25.5. The third kappa shape index (κ3) is 7.17. The Morgan fingerprint density at radius 1 is 1.09 bits per heavy atom. The van der Waals surface area contributed by atoms with Gasteiger partial charge in [-0.1, -0.05) is 55.5 Å². The molecule has 2 aromatic carbocycles. The molecular formula is C26H31N5O4. The number of aryl methyl sites for hydroxylation is 1. The summed E-state index contributed by atoms with van der Waals surface area (Å²) < 4.78 is 7.15. The van der Waals surface area contributed by atoms with Crippen molar-refractivity contribution in [2.45, 2.75) is 46.3 Å². The number of aromatic nitrogens is 2. The van der Waals surface area contributed by atoms with Gasteiger partial charge in [0.1, 0.15) is 5.75 Å². The second-order valence-corrected chi connectivity index (χ2v) is 8.06. The molecule has 1 atom stereocenters. The van der Waals surface area contributed by atoms with Gasteiger partial charge in [0.05, 0.1) is 11.9 Å². The fourth-order valence-corrected chi connectivity index (χ4v) is 3.41. The van der Waals surface area contributed by atoms with Crippen molar-refractivity contribution < 1.29 is 14.3 Å². The molecule has 0 aliphatic rings. The maximum atomic E-state index is 13.0. The van der Waals surface area contributed by atoms with Gasteiger partial charge in [0.15, 0.2) is 11.9 Å². The van der Waals surface area contributed by atoms with Gasteiger partial charge < -0.3 is 15.4 Å². The lowest BCUT2D eigenvalue weighted by molar-refractivity contribution is -0.124. The van der Waals surface area contributed by atoms with Gasteiger partial charge in [-0.2, -0.15) is 0 Å². The van der Waals surface area contributed by atoms with Crippen LogP contribution < -0.4 is 26.4 Å². The molecule has 1 aromatic heterocycles. The van der Waals surface area contributed by atoms with Crippen LogP contribution in [0.15, 0.2) is 65.6 Å².